The zero-order valence-electron chi connectivity index (χ0n) is 11.7. The van der Waals surface area contributed by atoms with Crippen LogP contribution >= 0.6 is 0 Å². The van der Waals surface area contributed by atoms with Crippen LogP contribution in [0.1, 0.15) is 6.42 Å². The van der Waals surface area contributed by atoms with Crippen LogP contribution in [0.15, 0.2) is 35.2 Å². The highest BCUT2D eigenvalue weighted by atomic mass is 32.2. The predicted molar refractivity (Wildman–Crippen MR) is 77.6 cm³/mol. The lowest BCUT2D eigenvalue weighted by atomic mass is 10.2. The Hall–Kier alpha value is -0.990. The van der Waals surface area contributed by atoms with Gasteiger partial charge in [-0.1, -0.05) is 18.2 Å². The molecule has 118 valence electrons. The van der Waals surface area contributed by atoms with Crippen molar-refractivity contribution in [2.75, 3.05) is 25.4 Å². The monoisotopic (exact) mass is 315 g/mol. The van der Waals surface area contributed by atoms with E-state index in [2.05, 4.69) is 0 Å². The summed E-state index contributed by atoms with van der Waals surface area (Å²) >= 11 is 0. The number of aliphatic hydroxyl groups excluding tert-OH is 3. The first-order valence-corrected chi connectivity index (χ1v) is 8.58. The molecule has 7 heteroatoms. The van der Waals surface area contributed by atoms with Gasteiger partial charge in [0.05, 0.1) is 35.5 Å². The Kier molecular flexibility index (Phi) is 5.34. The maximum atomic E-state index is 12.4. The van der Waals surface area contributed by atoms with Crippen LogP contribution in [0.5, 0.6) is 0 Å². The summed E-state index contributed by atoms with van der Waals surface area (Å²) < 4.78 is 24.8. The average Bonchev–Trinajstić information content (AvgIpc) is 2.80. The number of rotatable bonds is 6. The number of nitrogens with zero attached hydrogens (tertiary/aromatic N) is 1. The molecular formula is C14H21NO5S. The number of hydrogen-bond acceptors (Lipinski definition) is 6. The molecule has 0 saturated carbocycles. The molecule has 1 aliphatic heterocycles. The second kappa shape index (κ2) is 6.85. The lowest BCUT2D eigenvalue weighted by Gasteiger charge is -2.27. The van der Waals surface area contributed by atoms with Gasteiger partial charge in [0, 0.05) is 13.1 Å². The summed E-state index contributed by atoms with van der Waals surface area (Å²) in [5, 5.41) is 28.4. The van der Waals surface area contributed by atoms with E-state index in [0.717, 1.165) is 0 Å². The van der Waals surface area contributed by atoms with Crippen LogP contribution in [-0.2, 0) is 9.84 Å². The molecule has 1 heterocycles. The Balaban J connectivity index is 2.12. The van der Waals surface area contributed by atoms with Gasteiger partial charge in [0.25, 0.3) is 0 Å². The standard InChI is InChI=1S/C14H21NO5S/c16-9-11(17)8-15-7-6-14(18)13(15)10-21(19,20)12-4-2-1-3-5-12/h1-5,11,13-14,16-18H,6-10H2/t11-,13?,14?/m0/s1. The van der Waals surface area contributed by atoms with Gasteiger partial charge in [-0.2, -0.15) is 0 Å². The number of aliphatic hydroxyl groups is 3. The third-order valence-corrected chi connectivity index (χ3v) is 5.54. The first-order chi connectivity index (χ1) is 9.94. The summed E-state index contributed by atoms with van der Waals surface area (Å²) in [5.74, 6) is -0.198. The number of sulfone groups is 1. The molecule has 0 bridgehead atoms. The van der Waals surface area contributed by atoms with E-state index in [0.29, 0.717) is 13.0 Å². The zero-order chi connectivity index (χ0) is 15.5. The normalized spacial score (nSPS) is 25.1. The van der Waals surface area contributed by atoms with Crippen molar-refractivity contribution in [1.29, 1.82) is 0 Å². The van der Waals surface area contributed by atoms with Crippen molar-refractivity contribution in [3.63, 3.8) is 0 Å². The van der Waals surface area contributed by atoms with Crippen LogP contribution < -0.4 is 0 Å². The van der Waals surface area contributed by atoms with Crippen LogP contribution in [0.2, 0.25) is 0 Å². The molecule has 3 atom stereocenters. The van der Waals surface area contributed by atoms with Crippen molar-refractivity contribution in [1.82, 2.24) is 4.90 Å². The van der Waals surface area contributed by atoms with Crippen molar-refractivity contribution in [2.45, 2.75) is 29.6 Å². The van der Waals surface area contributed by atoms with E-state index < -0.39 is 28.1 Å². The maximum absolute atomic E-state index is 12.4. The van der Waals surface area contributed by atoms with Gasteiger partial charge in [-0.25, -0.2) is 8.42 Å². The van der Waals surface area contributed by atoms with E-state index in [-0.39, 0.29) is 23.8 Å². The Morgan fingerprint density at radius 3 is 2.57 bits per heavy atom. The molecule has 1 aromatic rings. The Bertz CT molecular complexity index is 548. The van der Waals surface area contributed by atoms with Crippen LogP contribution in [0, 0.1) is 0 Å². The highest BCUT2D eigenvalue weighted by Gasteiger charge is 2.37. The molecule has 1 saturated heterocycles. The summed E-state index contributed by atoms with van der Waals surface area (Å²) in [7, 11) is -3.50. The third kappa shape index (κ3) is 4.02. The molecule has 6 nitrogen and oxygen atoms in total. The number of likely N-dealkylation sites (tertiary alicyclic amines) is 1. The first-order valence-electron chi connectivity index (χ1n) is 6.93. The fourth-order valence-corrected chi connectivity index (χ4v) is 4.27. The molecule has 1 aliphatic rings. The largest absolute Gasteiger partial charge is 0.394 e. The van der Waals surface area contributed by atoms with Gasteiger partial charge >= 0.3 is 0 Å². The van der Waals surface area contributed by atoms with Crippen molar-refractivity contribution in [3.8, 4) is 0 Å². The highest BCUT2D eigenvalue weighted by Crippen LogP contribution is 2.22. The molecule has 1 fully saturated rings. The molecular weight excluding hydrogens is 294 g/mol. The van der Waals surface area contributed by atoms with E-state index in [9.17, 15) is 18.6 Å². The molecule has 0 aromatic heterocycles. The summed E-state index contributed by atoms with van der Waals surface area (Å²) in [6.07, 6.45) is -1.21. The van der Waals surface area contributed by atoms with Crippen molar-refractivity contribution in [3.05, 3.63) is 30.3 Å². The molecule has 21 heavy (non-hydrogen) atoms. The predicted octanol–water partition coefficient (Wildman–Crippen LogP) is -0.751. The van der Waals surface area contributed by atoms with Crippen molar-refractivity contribution in [2.24, 2.45) is 0 Å². The third-order valence-electron chi connectivity index (χ3n) is 3.77. The smallest absolute Gasteiger partial charge is 0.180 e. The average molecular weight is 315 g/mol. The quantitative estimate of drug-likeness (QED) is 0.639. The zero-order valence-corrected chi connectivity index (χ0v) is 12.5. The highest BCUT2D eigenvalue weighted by molar-refractivity contribution is 7.91. The second-order valence-corrected chi connectivity index (χ2v) is 7.38. The topological polar surface area (TPSA) is 98.1 Å². The number of hydrogen-bond donors (Lipinski definition) is 3. The summed E-state index contributed by atoms with van der Waals surface area (Å²) in [6.45, 7) is 0.278. The van der Waals surface area contributed by atoms with Gasteiger partial charge in [0.15, 0.2) is 9.84 Å². The number of β-amino-alcohol motifs (C(OH)–C–C–N with tert-alkyl or cyclic N) is 1. The molecule has 2 unspecified atom stereocenters. The summed E-state index contributed by atoms with van der Waals surface area (Å²) in [4.78, 5) is 1.96. The second-order valence-electron chi connectivity index (χ2n) is 5.35. The minimum Gasteiger partial charge on any atom is -0.394 e. The Morgan fingerprint density at radius 1 is 1.29 bits per heavy atom. The van der Waals surface area contributed by atoms with Gasteiger partial charge in [-0.3, -0.25) is 4.90 Å². The SMILES string of the molecule is O=S(=O)(CC1C(O)CCN1C[C@H](O)CO)c1ccccc1. The van der Waals surface area contributed by atoms with E-state index >= 15 is 0 Å². The van der Waals surface area contributed by atoms with Crippen LogP contribution in [0.3, 0.4) is 0 Å². The van der Waals surface area contributed by atoms with Crippen molar-refractivity contribution >= 4 is 9.84 Å². The van der Waals surface area contributed by atoms with E-state index in [1.807, 2.05) is 0 Å². The fourth-order valence-electron chi connectivity index (χ4n) is 2.62. The molecule has 0 aliphatic carbocycles. The summed E-state index contributed by atoms with van der Waals surface area (Å²) in [6, 6.07) is 7.56. The lowest BCUT2D eigenvalue weighted by Crippen LogP contribution is -2.44. The van der Waals surface area contributed by atoms with Gasteiger partial charge in [-0.15, -0.1) is 0 Å². The fraction of sp³-hybridized carbons (Fsp3) is 0.571. The van der Waals surface area contributed by atoms with Gasteiger partial charge < -0.3 is 15.3 Å². The first kappa shape index (κ1) is 16.4. The van der Waals surface area contributed by atoms with Crippen LogP contribution in [0.25, 0.3) is 0 Å². The van der Waals surface area contributed by atoms with Gasteiger partial charge in [-0.05, 0) is 18.6 Å². The minimum atomic E-state index is -3.50. The lowest BCUT2D eigenvalue weighted by molar-refractivity contribution is 0.0461. The van der Waals surface area contributed by atoms with Crippen LogP contribution in [-0.4, -0.2) is 72.3 Å². The van der Waals surface area contributed by atoms with E-state index in [1.165, 1.54) is 12.1 Å². The Labute approximate surface area is 124 Å². The van der Waals surface area contributed by atoms with Gasteiger partial charge in [0.2, 0.25) is 0 Å². The molecule has 1 aromatic carbocycles. The van der Waals surface area contributed by atoms with E-state index in [1.54, 1.807) is 23.1 Å². The molecule has 0 radical (unpaired) electrons. The minimum absolute atomic E-state index is 0.155. The molecule has 0 spiro atoms. The maximum Gasteiger partial charge on any atom is 0.180 e. The molecule has 0 amide bonds. The van der Waals surface area contributed by atoms with Crippen molar-refractivity contribution < 1.29 is 23.7 Å². The molecule has 3 N–H and O–H groups in total. The van der Waals surface area contributed by atoms with Crippen LogP contribution in [0.4, 0.5) is 0 Å². The summed E-state index contributed by atoms with van der Waals surface area (Å²) in [5.41, 5.74) is 0. The Morgan fingerprint density at radius 2 is 1.95 bits per heavy atom. The van der Waals surface area contributed by atoms with E-state index in [4.69, 9.17) is 5.11 Å². The number of benzene rings is 1. The van der Waals surface area contributed by atoms with Gasteiger partial charge in [0.1, 0.15) is 0 Å². The molecule has 2 rings (SSSR count).